The summed E-state index contributed by atoms with van der Waals surface area (Å²) in [4.78, 5) is 22.3. The van der Waals surface area contributed by atoms with Crippen LogP contribution < -0.4 is 5.43 Å². The maximum absolute atomic E-state index is 11.2. The molecule has 0 saturated carbocycles. The Bertz CT molecular complexity index is 972. The molecule has 120 valence electrons. The molecule has 0 radical (unpaired) electrons. The number of carbonyl (C=O) groups excluding carboxylic acids is 1. The summed E-state index contributed by atoms with van der Waals surface area (Å²) in [5.41, 5.74) is 6.23. The van der Waals surface area contributed by atoms with Crippen LogP contribution in [0, 0.1) is 0 Å². The number of rotatable bonds is 2. The molecule has 0 bridgehead atoms. The van der Waals surface area contributed by atoms with Gasteiger partial charge in [-0.25, -0.2) is 10.4 Å². The number of imidazole rings is 1. The maximum atomic E-state index is 11.2. The van der Waals surface area contributed by atoms with E-state index >= 15 is 0 Å². The highest BCUT2D eigenvalue weighted by molar-refractivity contribution is 6.05. The monoisotopic (exact) mass is 323 g/mol. The number of amides is 1. The van der Waals surface area contributed by atoms with E-state index < -0.39 is 0 Å². The zero-order valence-corrected chi connectivity index (χ0v) is 12.4. The van der Waals surface area contributed by atoms with Gasteiger partial charge in [-0.05, 0) is 12.1 Å². The van der Waals surface area contributed by atoms with Gasteiger partial charge < -0.3 is 15.2 Å². The van der Waals surface area contributed by atoms with Gasteiger partial charge in [0.15, 0.2) is 0 Å². The molecule has 1 aliphatic heterocycles. The molecule has 3 aromatic rings. The number of hydrogen-bond acceptors (Lipinski definition) is 6. The van der Waals surface area contributed by atoms with Crippen molar-refractivity contribution in [2.45, 2.75) is 12.8 Å². The Balaban J connectivity index is 1.75. The minimum atomic E-state index is -0.279. The number of fused-ring (bicyclic) bond motifs is 1. The predicted octanol–water partition coefficient (Wildman–Crippen LogP) is 1.65. The Morgan fingerprint density at radius 1 is 0.958 bits per heavy atom. The molecule has 0 aliphatic carbocycles. The van der Waals surface area contributed by atoms with Crippen LogP contribution in [0.4, 0.5) is 0 Å². The second-order valence-corrected chi connectivity index (χ2v) is 5.48. The van der Waals surface area contributed by atoms with Crippen LogP contribution in [0.5, 0.6) is 11.8 Å². The van der Waals surface area contributed by atoms with Crippen LogP contribution in [0.15, 0.2) is 35.4 Å². The third kappa shape index (κ3) is 2.54. The number of benzene rings is 1. The van der Waals surface area contributed by atoms with Crippen molar-refractivity contribution in [1.82, 2.24) is 20.4 Å². The summed E-state index contributed by atoms with van der Waals surface area (Å²) < 4.78 is 0. The summed E-state index contributed by atoms with van der Waals surface area (Å²) >= 11 is 0. The largest absolute Gasteiger partial charge is 0.493 e. The molecule has 3 heterocycles. The fourth-order valence-electron chi connectivity index (χ4n) is 2.64. The average Bonchev–Trinajstić information content (AvgIpc) is 2.98. The third-order valence-corrected chi connectivity index (χ3v) is 3.79. The van der Waals surface area contributed by atoms with Crippen LogP contribution in [-0.4, -0.2) is 36.8 Å². The first-order chi connectivity index (χ1) is 11.6. The first kappa shape index (κ1) is 14.2. The summed E-state index contributed by atoms with van der Waals surface area (Å²) in [6.45, 7) is 0. The number of aromatic amines is 1. The standard InChI is InChI=1S/C16H13N5O3/c22-13-4-3-10(20-21-13)8-1-2-11-12(5-8)18-16(17-11)9-6-14(23)19-15(24)7-9/h1-2,5-7H,3-4H2,(H,17,18)(H,21,22)(H2,19,23,24). The number of hydrazone groups is 1. The van der Waals surface area contributed by atoms with Crippen LogP contribution >= 0.6 is 0 Å². The third-order valence-electron chi connectivity index (χ3n) is 3.79. The van der Waals surface area contributed by atoms with Crippen molar-refractivity contribution >= 4 is 22.7 Å². The van der Waals surface area contributed by atoms with Gasteiger partial charge in [0.1, 0.15) is 5.82 Å². The number of hydrogen-bond donors (Lipinski definition) is 4. The second kappa shape index (κ2) is 5.34. The molecule has 1 amide bonds. The van der Waals surface area contributed by atoms with Crippen molar-refractivity contribution in [3.8, 4) is 23.1 Å². The summed E-state index contributed by atoms with van der Waals surface area (Å²) in [7, 11) is 0. The van der Waals surface area contributed by atoms with E-state index in [9.17, 15) is 15.0 Å². The summed E-state index contributed by atoms with van der Waals surface area (Å²) in [6, 6.07) is 8.49. The van der Waals surface area contributed by atoms with Crippen LogP contribution in [0.3, 0.4) is 0 Å². The van der Waals surface area contributed by atoms with Gasteiger partial charge in [-0.2, -0.15) is 10.1 Å². The molecular formula is C16H13N5O3. The minimum Gasteiger partial charge on any atom is -0.493 e. The number of nitrogens with one attached hydrogen (secondary N) is 2. The number of nitrogens with zero attached hydrogens (tertiary/aromatic N) is 3. The molecule has 0 atom stereocenters. The van der Waals surface area contributed by atoms with Gasteiger partial charge in [0.05, 0.1) is 16.7 Å². The zero-order chi connectivity index (χ0) is 16.7. The van der Waals surface area contributed by atoms with Crippen LogP contribution in [-0.2, 0) is 4.79 Å². The molecule has 0 unspecified atom stereocenters. The highest BCUT2D eigenvalue weighted by atomic mass is 16.3. The number of carbonyl (C=O) groups is 1. The van der Waals surface area contributed by atoms with Crippen molar-refractivity contribution in [2.24, 2.45) is 5.10 Å². The molecule has 1 aliphatic rings. The number of aromatic hydroxyl groups is 2. The van der Waals surface area contributed by atoms with E-state index in [1.54, 1.807) is 0 Å². The van der Waals surface area contributed by atoms with E-state index in [-0.39, 0.29) is 17.7 Å². The Labute approximate surface area is 135 Å². The van der Waals surface area contributed by atoms with E-state index in [0.717, 1.165) is 22.3 Å². The molecule has 0 spiro atoms. The van der Waals surface area contributed by atoms with Gasteiger partial charge >= 0.3 is 0 Å². The normalized spacial score (nSPS) is 14.5. The van der Waals surface area contributed by atoms with E-state index in [2.05, 4.69) is 25.5 Å². The fourth-order valence-corrected chi connectivity index (χ4v) is 2.64. The van der Waals surface area contributed by atoms with Gasteiger partial charge in [0.2, 0.25) is 17.7 Å². The van der Waals surface area contributed by atoms with Gasteiger partial charge in [0.25, 0.3) is 0 Å². The Hall–Kier alpha value is -3.42. The molecule has 24 heavy (non-hydrogen) atoms. The maximum Gasteiger partial charge on any atom is 0.240 e. The Morgan fingerprint density at radius 3 is 2.46 bits per heavy atom. The number of H-pyrrole nitrogens is 1. The minimum absolute atomic E-state index is 0.0841. The van der Waals surface area contributed by atoms with E-state index in [1.165, 1.54) is 12.1 Å². The molecule has 4 N–H and O–H groups in total. The summed E-state index contributed by atoms with van der Waals surface area (Å²) in [6.07, 6.45) is 0.999. The van der Waals surface area contributed by atoms with E-state index in [0.29, 0.717) is 24.2 Å². The quantitative estimate of drug-likeness (QED) is 0.571. The lowest BCUT2D eigenvalue weighted by Gasteiger charge is -2.11. The molecule has 8 nitrogen and oxygen atoms in total. The molecule has 0 fully saturated rings. The van der Waals surface area contributed by atoms with Crippen LogP contribution in [0.2, 0.25) is 0 Å². The molecule has 8 heteroatoms. The van der Waals surface area contributed by atoms with Gasteiger partial charge in [-0.1, -0.05) is 6.07 Å². The summed E-state index contributed by atoms with van der Waals surface area (Å²) in [5, 5.41) is 23.1. The highest BCUT2D eigenvalue weighted by Crippen LogP contribution is 2.26. The zero-order valence-electron chi connectivity index (χ0n) is 12.4. The fraction of sp³-hybridized carbons (Fsp3) is 0.125. The molecule has 4 rings (SSSR count). The smallest absolute Gasteiger partial charge is 0.240 e. The second-order valence-electron chi connectivity index (χ2n) is 5.48. The lowest BCUT2D eigenvalue weighted by Crippen LogP contribution is -2.25. The SMILES string of the molecule is O=C1CCC(c2ccc3[nH]c(-c4cc(O)nc(O)c4)nc3c2)=NN1. The molecule has 2 aromatic heterocycles. The van der Waals surface area contributed by atoms with Gasteiger partial charge in [0, 0.05) is 36.1 Å². The highest BCUT2D eigenvalue weighted by Gasteiger charge is 2.15. The van der Waals surface area contributed by atoms with Crippen molar-refractivity contribution in [2.75, 3.05) is 0 Å². The van der Waals surface area contributed by atoms with Gasteiger partial charge in [-0.15, -0.1) is 0 Å². The van der Waals surface area contributed by atoms with Crippen molar-refractivity contribution in [3.63, 3.8) is 0 Å². The average molecular weight is 323 g/mol. The van der Waals surface area contributed by atoms with E-state index in [1.807, 2.05) is 18.2 Å². The Morgan fingerprint density at radius 2 is 1.75 bits per heavy atom. The van der Waals surface area contributed by atoms with Crippen molar-refractivity contribution in [3.05, 3.63) is 35.9 Å². The lowest BCUT2D eigenvalue weighted by molar-refractivity contribution is -0.121. The topological polar surface area (TPSA) is 123 Å². The first-order valence-corrected chi connectivity index (χ1v) is 7.34. The first-order valence-electron chi connectivity index (χ1n) is 7.34. The molecule has 0 saturated heterocycles. The molecular weight excluding hydrogens is 310 g/mol. The Kier molecular flexibility index (Phi) is 3.16. The number of pyridine rings is 1. The van der Waals surface area contributed by atoms with Crippen molar-refractivity contribution in [1.29, 1.82) is 0 Å². The van der Waals surface area contributed by atoms with Crippen LogP contribution in [0.25, 0.3) is 22.4 Å². The number of aromatic nitrogens is 3. The lowest BCUT2D eigenvalue weighted by atomic mass is 10.0. The van der Waals surface area contributed by atoms with E-state index in [4.69, 9.17) is 0 Å². The predicted molar refractivity (Wildman–Crippen MR) is 86.6 cm³/mol. The van der Waals surface area contributed by atoms with Crippen LogP contribution in [0.1, 0.15) is 18.4 Å². The van der Waals surface area contributed by atoms with Crippen molar-refractivity contribution < 1.29 is 15.0 Å². The molecule has 1 aromatic carbocycles. The summed E-state index contributed by atoms with van der Waals surface area (Å²) in [5.74, 6) is -0.134. The van der Waals surface area contributed by atoms with Gasteiger partial charge in [-0.3, -0.25) is 4.79 Å².